The minimum Gasteiger partial charge on any atom is -0.381 e. The quantitative estimate of drug-likeness (QED) is 0.642. The first-order valence-corrected chi connectivity index (χ1v) is 6.34. The van der Waals surface area contributed by atoms with E-state index in [1.165, 1.54) is 0 Å². The van der Waals surface area contributed by atoms with Gasteiger partial charge in [-0.3, -0.25) is 4.79 Å². The van der Waals surface area contributed by atoms with Crippen LogP contribution in [0.2, 0.25) is 0 Å². The zero-order chi connectivity index (χ0) is 12.7. The van der Waals surface area contributed by atoms with E-state index < -0.39 is 5.54 Å². The summed E-state index contributed by atoms with van der Waals surface area (Å²) >= 11 is 0. The van der Waals surface area contributed by atoms with Crippen LogP contribution in [0.5, 0.6) is 0 Å². The van der Waals surface area contributed by atoms with Gasteiger partial charge in [-0.15, -0.1) is 0 Å². The van der Waals surface area contributed by atoms with Crippen LogP contribution < -0.4 is 11.1 Å². The van der Waals surface area contributed by atoms with Crippen LogP contribution in [0.25, 0.3) is 0 Å². The number of amides is 1. The minimum atomic E-state index is -0.709. The van der Waals surface area contributed by atoms with E-state index in [-0.39, 0.29) is 5.91 Å². The Morgan fingerprint density at radius 1 is 1.35 bits per heavy atom. The Balaban J connectivity index is 2.15. The Morgan fingerprint density at radius 3 is 2.59 bits per heavy atom. The summed E-state index contributed by atoms with van der Waals surface area (Å²) in [5.74, 6) is -0.0225. The van der Waals surface area contributed by atoms with Gasteiger partial charge in [0.05, 0.1) is 5.54 Å². The molecule has 1 fully saturated rings. The van der Waals surface area contributed by atoms with Crippen molar-refractivity contribution in [3.05, 3.63) is 0 Å². The summed E-state index contributed by atoms with van der Waals surface area (Å²) in [5, 5.41) is 2.93. The number of carbonyl (C=O) groups is 1. The van der Waals surface area contributed by atoms with Gasteiger partial charge in [0, 0.05) is 19.8 Å². The lowest BCUT2D eigenvalue weighted by atomic mass is 9.90. The van der Waals surface area contributed by atoms with Crippen molar-refractivity contribution in [1.29, 1.82) is 0 Å². The number of nitrogens with zero attached hydrogens (tertiary/aromatic N) is 1. The molecule has 5 nitrogen and oxygen atoms in total. The van der Waals surface area contributed by atoms with Crippen molar-refractivity contribution >= 4 is 5.91 Å². The molecule has 0 radical (unpaired) electrons. The van der Waals surface area contributed by atoms with E-state index in [0.717, 1.165) is 19.4 Å². The highest BCUT2D eigenvalue weighted by Crippen LogP contribution is 2.17. The number of carbonyl (C=O) groups excluding carboxylic acids is 1. The van der Waals surface area contributed by atoms with Gasteiger partial charge >= 0.3 is 0 Å². The highest BCUT2D eigenvalue weighted by atomic mass is 16.5. The smallest absolute Gasteiger partial charge is 0.240 e. The average Bonchev–Trinajstić information content (AvgIpc) is 2.29. The van der Waals surface area contributed by atoms with E-state index >= 15 is 0 Å². The normalized spacial score (nSPS) is 19.3. The molecule has 1 aliphatic rings. The maximum atomic E-state index is 11.9. The second kappa shape index (κ2) is 6.93. The number of nitrogens with two attached hydrogens (primary N) is 1. The molecule has 1 aliphatic heterocycles. The number of nitrogens with one attached hydrogen (secondary N) is 1. The van der Waals surface area contributed by atoms with E-state index in [2.05, 4.69) is 24.3 Å². The molecule has 0 atom stereocenters. The van der Waals surface area contributed by atoms with Crippen molar-refractivity contribution in [2.75, 3.05) is 40.4 Å². The number of unbranched alkanes of at least 4 members (excludes halogenated alkanes) is 1. The number of rotatable bonds is 6. The minimum absolute atomic E-state index is 0.0225. The molecule has 0 bridgehead atoms. The van der Waals surface area contributed by atoms with Crippen LogP contribution >= 0.6 is 0 Å². The third-order valence-corrected chi connectivity index (χ3v) is 3.15. The van der Waals surface area contributed by atoms with E-state index in [4.69, 9.17) is 10.5 Å². The summed E-state index contributed by atoms with van der Waals surface area (Å²) in [6.45, 7) is 2.94. The Hall–Kier alpha value is -0.650. The van der Waals surface area contributed by atoms with Gasteiger partial charge in [-0.1, -0.05) is 0 Å². The van der Waals surface area contributed by atoms with E-state index in [1.54, 1.807) is 0 Å². The van der Waals surface area contributed by atoms with Gasteiger partial charge in [0.2, 0.25) is 5.91 Å². The lowest BCUT2D eigenvalue weighted by Gasteiger charge is -2.31. The number of hydrogen-bond acceptors (Lipinski definition) is 4. The van der Waals surface area contributed by atoms with Crippen LogP contribution in [-0.4, -0.2) is 56.7 Å². The summed E-state index contributed by atoms with van der Waals surface area (Å²) < 4.78 is 5.22. The average molecular weight is 243 g/mol. The maximum absolute atomic E-state index is 11.9. The Bertz CT molecular complexity index is 238. The Morgan fingerprint density at radius 2 is 2.00 bits per heavy atom. The van der Waals surface area contributed by atoms with Gasteiger partial charge in [-0.2, -0.15) is 0 Å². The largest absolute Gasteiger partial charge is 0.381 e. The highest BCUT2D eigenvalue weighted by Gasteiger charge is 2.35. The van der Waals surface area contributed by atoms with Gasteiger partial charge < -0.3 is 20.7 Å². The van der Waals surface area contributed by atoms with Crippen LogP contribution in [-0.2, 0) is 9.53 Å². The van der Waals surface area contributed by atoms with Crippen molar-refractivity contribution in [3.8, 4) is 0 Å². The maximum Gasteiger partial charge on any atom is 0.240 e. The third kappa shape index (κ3) is 5.02. The molecule has 1 saturated heterocycles. The number of hydrogen-bond donors (Lipinski definition) is 2. The van der Waals surface area contributed by atoms with Gasteiger partial charge in [0.1, 0.15) is 0 Å². The van der Waals surface area contributed by atoms with E-state index in [1.807, 2.05) is 0 Å². The monoisotopic (exact) mass is 243 g/mol. The van der Waals surface area contributed by atoms with Crippen molar-refractivity contribution in [1.82, 2.24) is 10.2 Å². The molecule has 0 unspecified atom stereocenters. The molecule has 100 valence electrons. The molecule has 5 heteroatoms. The zero-order valence-electron chi connectivity index (χ0n) is 11.0. The topological polar surface area (TPSA) is 67.6 Å². The first-order chi connectivity index (χ1) is 8.04. The van der Waals surface area contributed by atoms with Gasteiger partial charge in [0.25, 0.3) is 0 Å². The summed E-state index contributed by atoms with van der Waals surface area (Å²) in [6, 6.07) is 0. The highest BCUT2D eigenvalue weighted by molar-refractivity contribution is 5.86. The zero-order valence-corrected chi connectivity index (χ0v) is 11.0. The molecule has 1 amide bonds. The molecule has 0 aromatic heterocycles. The summed E-state index contributed by atoms with van der Waals surface area (Å²) in [5.41, 5.74) is 5.36. The molecule has 1 rings (SSSR count). The van der Waals surface area contributed by atoms with Crippen molar-refractivity contribution in [2.45, 2.75) is 31.2 Å². The van der Waals surface area contributed by atoms with Gasteiger partial charge in [0.15, 0.2) is 0 Å². The van der Waals surface area contributed by atoms with Crippen LogP contribution in [0.15, 0.2) is 0 Å². The van der Waals surface area contributed by atoms with Crippen LogP contribution in [0.4, 0.5) is 0 Å². The predicted molar refractivity (Wildman–Crippen MR) is 67.8 cm³/mol. The van der Waals surface area contributed by atoms with E-state index in [0.29, 0.717) is 32.6 Å². The van der Waals surface area contributed by atoms with E-state index in [9.17, 15) is 4.79 Å². The summed E-state index contributed by atoms with van der Waals surface area (Å²) in [7, 11) is 4.10. The lowest BCUT2D eigenvalue weighted by Crippen LogP contribution is -2.57. The molecule has 0 aromatic rings. The molecule has 17 heavy (non-hydrogen) atoms. The Kier molecular flexibility index (Phi) is 5.88. The first-order valence-electron chi connectivity index (χ1n) is 6.34. The molecule has 0 aliphatic carbocycles. The summed E-state index contributed by atoms with van der Waals surface area (Å²) in [4.78, 5) is 14.1. The van der Waals surface area contributed by atoms with Crippen LogP contribution in [0.3, 0.4) is 0 Å². The van der Waals surface area contributed by atoms with Crippen LogP contribution in [0, 0.1) is 0 Å². The molecular weight excluding hydrogens is 218 g/mol. The fourth-order valence-electron chi connectivity index (χ4n) is 1.89. The first kappa shape index (κ1) is 14.4. The molecular formula is C12H25N3O2. The second-order valence-corrected chi connectivity index (χ2v) is 5.03. The fraction of sp³-hybridized carbons (Fsp3) is 0.917. The van der Waals surface area contributed by atoms with Crippen molar-refractivity contribution < 1.29 is 9.53 Å². The van der Waals surface area contributed by atoms with Crippen molar-refractivity contribution in [3.63, 3.8) is 0 Å². The Labute approximate surface area is 104 Å². The lowest BCUT2D eigenvalue weighted by molar-refractivity contribution is -0.129. The molecule has 0 aromatic carbocycles. The number of ether oxygens (including phenoxy) is 1. The van der Waals surface area contributed by atoms with Gasteiger partial charge in [-0.05, 0) is 46.3 Å². The fourth-order valence-corrected chi connectivity index (χ4v) is 1.89. The van der Waals surface area contributed by atoms with Crippen LogP contribution in [0.1, 0.15) is 25.7 Å². The molecule has 0 saturated carbocycles. The predicted octanol–water partition coefficient (Wildman–Crippen LogP) is -0.0477. The molecule has 1 heterocycles. The van der Waals surface area contributed by atoms with Crippen molar-refractivity contribution in [2.24, 2.45) is 5.73 Å². The summed E-state index contributed by atoms with van der Waals surface area (Å²) in [6.07, 6.45) is 3.33. The SMILES string of the molecule is CN(C)CCCCNC(=O)C1(N)CCOCC1. The van der Waals surface area contributed by atoms with Gasteiger partial charge in [-0.25, -0.2) is 0 Å². The standard InChI is InChI=1S/C12H25N3O2/c1-15(2)8-4-3-7-14-11(16)12(13)5-9-17-10-6-12/h3-10,13H2,1-2H3,(H,14,16). The second-order valence-electron chi connectivity index (χ2n) is 5.03. The molecule has 3 N–H and O–H groups in total. The molecule has 0 spiro atoms. The third-order valence-electron chi connectivity index (χ3n) is 3.15.